The SMILES string of the molecule is CC(C)(C)c1cc2c(O)c(c1)Cc1cc(C(C)(C)C)cc(c1OCCNC(=O)CSC#N)Cc1cc(C(C)(C)C)cc(c1O)Cc1cc(C(C)(C)C)cc(c1OCCNC(=O)CSC#N)C2. The molecule has 1 aliphatic rings. The van der Waals surface area contributed by atoms with Crippen molar-refractivity contribution in [2.45, 2.75) is 130 Å². The van der Waals surface area contributed by atoms with Crippen molar-refractivity contribution in [2.75, 3.05) is 37.8 Å². The highest BCUT2D eigenvalue weighted by Crippen LogP contribution is 2.43. The number of carbonyl (C=O) groups excluding carboxylic acids is 2. The van der Waals surface area contributed by atoms with Crippen LogP contribution in [0.4, 0.5) is 0 Å². The number of fused-ring (bicyclic) bond motifs is 8. The standard InChI is InChI=1S/C54H68N4O6S2/c1-51(2,3)41-21-33-17-37-25-43(53(7,8)9)27-39(49(37)63-15-13-57-45(59)29-65-31-55)19-35-23-42(52(4,5)6)24-36(48(35)62)20-40-28-44(54(10,11)12)26-38(18-34(22-41)47(33)61)50(40)64-16-14-58-46(60)30-66-32-56/h21-28,61-62H,13-20,29-30H2,1-12H3,(H,57,59)(H,58,60). The Kier molecular flexibility index (Phi) is 16.5. The van der Waals surface area contributed by atoms with Gasteiger partial charge in [0.2, 0.25) is 11.8 Å². The van der Waals surface area contributed by atoms with Crippen LogP contribution < -0.4 is 20.1 Å². The smallest absolute Gasteiger partial charge is 0.231 e. The molecule has 5 rings (SSSR count). The third-order valence-electron chi connectivity index (χ3n) is 11.9. The van der Waals surface area contributed by atoms with E-state index in [0.717, 1.165) is 90.3 Å². The number of nitriles is 2. The number of benzene rings is 4. The number of phenols is 2. The molecule has 0 unspecified atom stereocenters. The predicted molar refractivity (Wildman–Crippen MR) is 268 cm³/mol. The number of rotatable bonds is 12. The Morgan fingerprint density at radius 1 is 0.500 bits per heavy atom. The predicted octanol–water partition coefficient (Wildman–Crippen LogP) is 10.4. The monoisotopic (exact) mass is 932 g/mol. The number of aromatic hydroxyl groups is 2. The second-order valence-electron chi connectivity index (χ2n) is 21.4. The molecule has 0 fully saturated rings. The third-order valence-corrected chi connectivity index (χ3v) is 13.0. The fraction of sp³-hybridized carbons (Fsp3) is 0.481. The molecule has 352 valence electrons. The van der Waals surface area contributed by atoms with Gasteiger partial charge in [0.1, 0.15) is 47.0 Å². The Hall–Kier alpha value is -5.30. The minimum atomic E-state index is -0.275. The first kappa shape index (κ1) is 51.7. The summed E-state index contributed by atoms with van der Waals surface area (Å²) in [6.45, 7) is 26.8. The Morgan fingerprint density at radius 3 is 0.970 bits per heavy atom. The number of nitrogens with one attached hydrogen (secondary N) is 2. The molecule has 10 nitrogen and oxygen atoms in total. The van der Waals surface area contributed by atoms with Crippen LogP contribution in [0.1, 0.15) is 150 Å². The van der Waals surface area contributed by atoms with E-state index in [1.165, 1.54) is 0 Å². The maximum Gasteiger partial charge on any atom is 0.231 e. The summed E-state index contributed by atoms with van der Waals surface area (Å²) in [5.41, 5.74) is 9.60. The molecular formula is C54H68N4O6S2. The van der Waals surface area contributed by atoms with Crippen LogP contribution in [0.2, 0.25) is 0 Å². The van der Waals surface area contributed by atoms with Crippen LogP contribution in [0.5, 0.6) is 23.0 Å². The van der Waals surface area contributed by atoms with Crippen molar-refractivity contribution < 1.29 is 29.3 Å². The molecule has 0 spiro atoms. The third kappa shape index (κ3) is 13.4. The molecule has 4 aromatic rings. The first-order valence-corrected chi connectivity index (χ1v) is 24.6. The van der Waals surface area contributed by atoms with Crippen molar-refractivity contribution in [3.05, 3.63) is 115 Å². The van der Waals surface area contributed by atoms with Crippen molar-refractivity contribution >= 4 is 35.3 Å². The number of phenolic OH excluding ortho intramolecular Hbond substituents is 2. The summed E-state index contributed by atoms with van der Waals surface area (Å²) in [6, 6.07) is 17.0. The van der Waals surface area contributed by atoms with Gasteiger partial charge < -0.3 is 30.3 Å². The molecule has 0 aliphatic heterocycles. The second kappa shape index (κ2) is 21.1. The van der Waals surface area contributed by atoms with Gasteiger partial charge in [0.25, 0.3) is 0 Å². The van der Waals surface area contributed by atoms with Gasteiger partial charge in [-0.1, -0.05) is 132 Å². The van der Waals surface area contributed by atoms with E-state index in [2.05, 4.69) is 142 Å². The second-order valence-corrected chi connectivity index (χ2v) is 22.9. The fourth-order valence-electron chi connectivity index (χ4n) is 8.00. The van der Waals surface area contributed by atoms with Crippen LogP contribution in [-0.4, -0.2) is 59.8 Å². The first-order chi connectivity index (χ1) is 30.8. The molecular weight excluding hydrogens is 865 g/mol. The number of nitrogens with zero attached hydrogens (tertiary/aromatic N) is 2. The average Bonchev–Trinajstić information content (AvgIpc) is 3.21. The maximum absolute atomic E-state index is 12.5. The minimum absolute atomic E-state index is 0.0290. The number of thiocyanates is 2. The topological polar surface area (TPSA) is 165 Å². The van der Waals surface area contributed by atoms with Gasteiger partial charge >= 0.3 is 0 Å². The number of hydrogen-bond acceptors (Lipinski definition) is 10. The zero-order chi connectivity index (χ0) is 48.8. The normalized spacial score (nSPS) is 13.0. The molecule has 0 radical (unpaired) electrons. The number of hydrogen-bond donors (Lipinski definition) is 4. The summed E-state index contributed by atoms with van der Waals surface area (Å²) in [6.07, 6.45) is 1.33. The van der Waals surface area contributed by atoms with Gasteiger partial charge in [-0.3, -0.25) is 9.59 Å². The fourth-order valence-corrected chi connectivity index (χ4v) is 8.60. The molecule has 0 aromatic heterocycles. The van der Waals surface area contributed by atoms with E-state index in [1.807, 2.05) is 10.8 Å². The number of amides is 2. The Bertz CT molecular complexity index is 2260. The molecule has 4 aromatic carbocycles. The molecule has 4 N–H and O–H groups in total. The molecule has 12 heteroatoms. The number of carbonyl (C=O) groups is 2. The van der Waals surface area contributed by atoms with Gasteiger partial charge in [0.15, 0.2) is 0 Å². The average molecular weight is 933 g/mol. The molecule has 0 heterocycles. The molecule has 2 amide bonds. The summed E-state index contributed by atoms with van der Waals surface area (Å²) in [5, 5.41) is 52.6. The van der Waals surface area contributed by atoms with Crippen molar-refractivity contribution in [3.8, 4) is 33.8 Å². The zero-order valence-corrected chi connectivity index (χ0v) is 42.6. The summed E-state index contributed by atoms with van der Waals surface area (Å²) < 4.78 is 13.4. The van der Waals surface area contributed by atoms with Gasteiger partial charge in [-0.05, 0) is 112 Å². The van der Waals surface area contributed by atoms with E-state index in [1.54, 1.807) is 0 Å². The van der Waals surface area contributed by atoms with Gasteiger partial charge in [-0.2, -0.15) is 10.5 Å². The minimum Gasteiger partial charge on any atom is -0.507 e. The van der Waals surface area contributed by atoms with Crippen LogP contribution in [0, 0.1) is 21.3 Å². The first-order valence-electron chi connectivity index (χ1n) is 22.6. The van der Waals surface area contributed by atoms with Gasteiger partial charge in [0, 0.05) is 25.7 Å². The van der Waals surface area contributed by atoms with Crippen LogP contribution in [0.25, 0.3) is 0 Å². The lowest BCUT2D eigenvalue weighted by Gasteiger charge is -2.28. The van der Waals surface area contributed by atoms with E-state index in [9.17, 15) is 19.8 Å². The molecule has 8 bridgehead atoms. The molecule has 1 aliphatic carbocycles. The van der Waals surface area contributed by atoms with E-state index in [-0.39, 0.29) is 82.8 Å². The summed E-state index contributed by atoms with van der Waals surface area (Å²) in [7, 11) is 0. The lowest BCUT2D eigenvalue weighted by Crippen LogP contribution is -2.29. The highest BCUT2D eigenvalue weighted by Gasteiger charge is 2.28. The molecule has 0 saturated heterocycles. The van der Waals surface area contributed by atoms with Crippen LogP contribution in [0.15, 0.2) is 48.5 Å². The molecule has 0 saturated carbocycles. The van der Waals surface area contributed by atoms with Crippen LogP contribution in [-0.2, 0) is 56.9 Å². The quantitative estimate of drug-likeness (QED) is 0.0699. The van der Waals surface area contributed by atoms with Gasteiger partial charge in [-0.15, -0.1) is 0 Å². The lowest BCUT2D eigenvalue weighted by molar-refractivity contribution is -0.119. The van der Waals surface area contributed by atoms with E-state index in [0.29, 0.717) is 37.2 Å². The number of thioether (sulfide) groups is 2. The lowest BCUT2D eigenvalue weighted by atomic mass is 9.79. The van der Waals surface area contributed by atoms with Crippen molar-refractivity contribution in [2.24, 2.45) is 0 Å². The van der Waals surface area contributed by atoms with Crippen molar-refractivity contribution in [3.63, 3.8) is 0 Å². The Balaban J connectivity index is 1.82. The Morgan fingerprint density at radius 2 is 0.742 bits per heavy atom. The number of ether oxygens (including phenoxy) is 2. The van der Waals surface area contributed by atoms with Crippen LogP contribution in [0.3, 0.4) is 0 Å². The maximum atomic E-state index is 12.5. The van der Waals surface area contributed by atoms with Gasteiger partial charge in [0.05, 0.1) is 24.6 Å². The van der Waals surface area contributed by atoms with Crippen molar-refractivity contribution in [1.29, 1.82) is 10.5 Å². The highest BCUT2D eigenvalue weighted by atomic mass is 32.2. The van der Waals surface area contributed by atoms with Gasteiger partial charge in [-0.25, -0.2) is 0 Å². The zero-order valence-electron chi connectivity index (χ0n) is 40.9. The highest BCUT2D eigenvalue weighted by molar-refractivity contribution is 8.04. The van der Waals surface area contributed by atoms with Crippen molar-refractivity contribution in [1.82, 2.24) is 10.6 Å². The largest absolute Gasteiger partial charge is 0.507 e. The van der Waals surface area contributed by atoms with E-state index in [4.69, 9.17) is 20.0 Å². The summed E-state index contributed by atoms with van der Waals surface area (Å²) >= 11 is 1.76. The van der Waals surface area contributed by atoms with E-state index >= 15 is 0 Å². The molecule has 0 atom stereocenters. The Labute approximate surface area is 401 Å². The molecule has 66 heavy (non-hydrogen) atoms. The summed E-state index contributed by atoms with van der Waals surface area (Å²) in [4.78, 5) is 25.0. The summed E-state index contributed by atoms with van der Waals surface area (Å²) in [5.74, 6) is 1.17. The van der Waals surface area contributed by atoms with Crippen LogP contribution >= 0.6 is 23.5 Å². The van der Waals surface area contributed by atoms with E-state index < -0.39 is 0 Å².